The summed E-state index contributed by atoms with van der Waals surface area (Å²) in [6.45, 7) is 17.2. The lowest BCUT2D eigenvalue weighted by Crippen LogP contribution is -2.59. The summed E-state index contributed by atoms with van der Waals surface area (Å²) in [5, 5.41) is 0. The molecule has 0 aromatic rings. The zero-order valence-corrected chi connectivity index (χ0v) is 22.1. The molecule has 4 rings (SSSR count). The molecule has 0 aromatic carbocycles. The van der Waals surface area contributed by atoms with Crippen LogP contribution in [0.4, 0.5) is 0 Å². The number of allylic oxidation sites excluding steroid dienone is 5. The molecule has 0 aliphatic heterocycles. The smallest absolute Gasteiger partial charge is 0.139 e. The molecule has 2 N–H and O–H groups in total. The standard InChI is InChI=1S/C31H49NO/c1-7-9-24-14-16-31(20-24,27(33)10-8-17-32)30(6)19-22(3)28-26(23(30)4)12-11-25-18-21(2)13-15-29(25,28)5/h13,15,18,22-24,26,28H,2,7-12,14,16-17,19-20,32H2,1,3-6H3. The van der Waals surface area contributed by atoms with Gasteiger partial charge in [-0.1, -0.05) is 77.8 Å². The molecule has 0 amide bonds. The predicted molar refractivity (Wildman–Crippen MR) is 140 cm³/mol. The van der Waals surface area contributed by atoms with Crippen LogP contribution in [0.3, 0.4) is 0 Å². The van der Waals surface area contributed by atoms with Gasteiger partial charge in [0.15, 0.2) is 0 Å². The fraction of sp³-hybridized carbons (Fsp3) is 0.774. The highest BCUT2D eigenvalue weighted by Gasteiger charge is 2.64. The van der Waals surface area contributed by atoms with E-state index < -0.39 is 0 Å². The summed E-state index contributed by atoms with van der Waals surface area (Å²) in [5.74, 6) is 3.79. The maximum absolute atomic E-state index is 14.0. The second-order valence-corrected chi connectivity index (χ2v) is 12.8. The van der Waals surface area contributed by atoms with Crippen LogP contribution in [0, 0.1) is 45.8 Å². The Hall–Kier alpha value is -1.15. The average Bonchev–Trinajstić information content (AvgIpc) is 3.21. The first-order chi connectivity index (χ1) is 15.6. The molecule has 3 saturated carbocycles. The number of nitrogens with two attached hydrogens (primary N) is 1. The van der Waals surface area contributed by atoms with Crippen molar-refractivity contribution < 1.29 is 4.79 Å². The summed E-state index contributed by atoms with van der Waals surface area (Å²) in [5.41, 5.74) is 8.69. The van der Waals surface area contributed by atoms with Crippen molar-refractivity contribution in [3.8, 4) is 0 Å². The summed E-state index contributed by atoms with van der Waals surface area (Å²) in [7, 11) is 0. The molecular weight excluding hydrogens is 402 g/mol. The number of hydrogen-bond donors (Lipinski definition) is 1. The Morgan fingerprint density at radius 1 is 1.21 bits per heavy atom. The number of carbonyl (C=O) groups excluding carboxylic acids is 1. The molecule has 3 fully saturated rings. The Kier molecular flexibility index (Phi) is 6.91. The third-order valence-electron chi connectivity index (χ3n) is 11.2. The lowest BCUT2D eigenvalue weighted by atomic mass is 9.40. The van der Waals surface area contributed by atoms with Gasteiger partial charge >= 0.3 is 0 Å². The van der Waals surface area contributed by atoms with E-state index in [0.29, 0.717) is 42.4 Å². The fourth-order valence-electron chi connectivity index (χ4n) is 9.48. The van der Waals surface area contributed by atoms with Crippen molar-refractivity contribution in [1.29, 1.82) is 0 Å². The first kappa shape index (κ1) is 25.0. The van der Waals surface area contributed by atoms with E-state index in [-0.39, 0.29) is 16.2 Å². The Bertz CT molecular complexity index is 838. The number of carbonyl (C=O) groups is 1. The van der Waals surface area contributed by atoms with Crippen LogP contribution in [-0.2, 0) is 4.79 Å². The van der Waals surface area contributed by atoms with Gasteiger partial charge in [-0.2, -0.15) is 0 Å². The van der Waals surface area contributed by atoms with E-state index in [1.807, 2.05) is 0 Å². The van der Waals surface area contributed by atoms with Crippen LogP contribution in [-0.4, -0.2) is 12.3 Å². The van der Waals surface area contributed by atoms with Crippen molar-refractivity contribution in [2.75, 3.05) is 6.54 Å². The molecule has 184 valence electrons. The van der Waals surface area contributed by atoms with Crippen molar-refractivity contribution in [2.24, 2.45) is 51.6 Å². The number of Topliss-reactive ketones (excluding diaryl/α,β-unsaturated/α-hetero) is 1. The molecule has 8 unspecified atom stereocenters. The molecule has 2 heteroatoms. The molecule has 0 heterocycles. The van der Waals surface area contributed by atoms with Gasteiger partial charge < -0.3 is 5.73 Å². The topological polar surface area (TPSA) is 43.1 Å². The Balaban J connectivity index is 1.71. The number of hydrogen-bond acceptors (Lipinski definition) is 2. The first-order valence-corrected chi connectivity index (χ1v) is 14.0. The average molecular weight is 452 g/mol. The number of ketones is 1. The SMILES string of the molecule is C=C1C=CC2(C)C(=C1)CCC1C2C(C)CC(C)(C2(C(=O)CCCN)CCC(CCC)C2)C1C. The number of fused-ring (bicyclic) bond motifs is 3. The zero-order chi connectivity index (χ0) is 24.0. The summed E-state index contributed by atoms with van der Waals surface area (Å²) in [6, 6.07) is 0. The molecule has 33 heavy (non-hydrogen) atoms. The number of rotatable bonds is 7. The second-order valence-electron chi connectivity index (χ2n) is 12.8. The van der Waals surface area contributed by atoms with E-state index >= 15 is 0 Å². The fourth-order valence-corrected chi connectivity index (χ4v) is 9.48. The van der Waals surface area contributed by atoms with Crippen LogP contribution in [0.2, 0.25) is 0 Å². The van der Waals surface area contributed by atoms with E-state index in [0.717, 1.165) is 30.8 Å². The van der Waals surface area contributed by atoms with Crippen LogP contribution >= 0.6 is 0 Å². The molecule has 0 saturated heterocycles. The summed E-state index contributed by atoms with van der Waals surface area (Å²) in [6.07, 6.45) is 18.2. The molecule has 4 aliphatic rings. The van der Waals surface area contributed by atoms with Gasteiger partial charge in [-0.3, -0.25) is 4.79 Å². The van der Waals surface area contributed by atoms with Crippen molar-refractivity contribution in [3.05, 3.63) is 36.0 Å². The normalized spacial score (nSPS) is 44.8. The van der Waals surface area contributed by atoms with Crippen molar-refractivity contribution in [3.63, 3.8) is 0 Å². The highest BCUT2D eigenvalue weighted by Crippen LogP contribution is 2.69. The van der Waals surface area contributed by atoms with Gasteiger partial charge in [-0.25, -0.2) is 0 Å². The van der Waals surface area contributed by atoms with Crippen LogP contribution in [0.15, 0.2) is 36.0 Å². The Morgan fingerprint density at radius 3 is 2.67 bits per heavy atom. The molecule has 0 aromatic heterocycles. The van der Waals surface area contributed by atoms with Crippen molar-refractivity contribution in [1.82, 2.24) is 0 Å². The second kappa shape index (κ2) is 9.14. The zero-order valence-electron chi connectivity index (χ0n) is 22.1. The summed E-state index contributed by atoms with van der Waals surface area (Å²) < 4.78 is 0. The van der Waals surface area contributed by atoms with Crippen LogP contribution < -0.4 is 5.73 Å². The van der Waals surface area contributed by atoms with Gasteiger partial charge in [0.05, 0.1) is 0 Å². The maximum atomic E-state index is 14.0. The van der Waals surface area contributed by atoms with Gasteiger partial charge in [0.2, 0.25) is 0 Å². The molecular formula is C31H49NO. The van der Waals surface area contributed by atoms with E-state index in [2.05, 4.69) is 59.4 Å². The lowest BCUT2D eigenvalue weighted by Gasteiger charge is -2.63. The van der Waals surface area contributed by atoms with Crippen molar-refractivity contribution >= 4 is 5.78 Å². The van der Waals surface area contributed by atoms with Gasteiger partial charge in [-0.15, -0.1) is 0 Å². The summed E-state index contributed by atoms with van der Waals surface area (Å²) >= 11 is 0. The minimum Gasteiger partial charge on any atom is -0.330 e. The molecule has 4 aliphatic carbocycles. The molecule has 0 bridgehead atoms. The van der Waals surface area contributed by atoms with Crippen LogP contribution in [0.25, 0.3) is 0 Å². The van der Waals surface area contributed by atoms with Gasteiger partial charge in [-0.05, 0) is 92.1 Å². The third kappa shape index (κ3) is 3.83. The Labute approximate surface area is 203 Å². The maximum Gasteiger partial charge on any atom is 0.139 e. The molecule has 0 spiro atoms. The van der Waals surface area contributed by atoms with Gasteiger partial charge in [0.1, 0.15) is 5.78 Å². The highest BCUT2D eigenvalue weighted by molar-refractivity contribution is 5.86. The first-order valence-electron chi connectivity index (χ1n) is 14.0. The summed E-state index contributed by atoms with van der Waals surface area (Å²) in [4.78, 5) is 14.0. The molecule has 0 radical (unpaired) electrons. The van der Waals surface area contributed by atoms with E-state index in [4.69, 9.17) is 5.73 Å². The van der Waals surface area contributed by atoms with Crippen LogP contribution in [0.5, 0.6) is 0 Å². The third-order valence-corrected chi connectivity index (χ3v) is 11.2. The minimum atomic E-state index is -0.144. The Morgan fingerprint density at radius 2 is 1.97 bits per heavy atom. The predicted octanol–water partition coefficient (Wildman–Crippen LogP) is 7.65. The highest BCUT2D eigenvalue weighted by atomic mass is 16.1. The van der Waals surface area contributed by atoms with E-state index in [1.54, 1.807) is 5.57 Å². The largest absolute Gasteiger partial charge is 0.330 e. The van der Waals surface area contributed by atoms with E-state index in [9.17, 15) is 4.79 Å². The van der Waals surface area contributed by atoms with Gasteiger partial charge in [0.25, 0.3) is 0 Å². The molecule has 2 nitrogen and oxygen atoms in total. The van der Waals surface area contributed by atoms with Crippen molar-refractivity contribution in [2.45, 2.75) is 98.8 Å². The van der Waals surface area contributed by atoms with Crippen LogP contribution in [0.1, 0.15) is 98.8 Å². The van der Waals surface area contributed by atoms with Gasteiger partial charge in [0, 0.05) is 17.3 Å². The molecule has 8 atom stereocenters. The quantitative estimate of drug-likeness (QED) is 0.432. The van der Waals surface area contributed by atoms with E-state index in [1.165, 1.54) is 38.5 Å². The monoisotopic (exact) mass is 451 g/mol. The lowest BCUT2D eigenvalue weighted by molar-refractivity contribution is -0.158. The minimum absolute atomic E-state index is 0.0846.